The van der Waals surface area contributed by atoms with E-state index in [-0.39, 0.29) is 4.90 Å². The van der Waals surface area contributed by atoms with Crippen LogP contribution in [0.25, 0.3) is 0 Å². The van der Waals surface area contributed by atoms with Crippen LogP contribution in [0.1, 0.15) is 0 Å². The molecule has 0 aromatic heterocycles. The molecule has 1 rings (SSSR count). The summed E-state index contributed by atoms with van der Waals surface area (Å²) in [6.07, 6.45) is 0. The van der Waals surface area contributed by atoms with E-state index in [2.05, 4.69) is 0 Å². The van der Waals surface area contributed by atoms with Gasteiger partial charge in [0.15, 0.2) is 9.84 Å². The van der Waals surface area contributed by atoms with E-state index in [0.29, 0.717) is 5.75 Å². The number of methoxy groups -OCH3 is 1. The molecule has 0 aliphatic rings. The van der Waals surface area contributed by atoms with Gasteiger partial charge < -0.3 is 21.3 Å². The van der Waals surface area contributed by atoms with Gasteiger partial charge in [0.1, 0.15) is 17.2 Å². The van der Waals surface area contributed by atoms with Crippen LogP contribution >= 0.6 is 0 Å². The number of carboxylic acid groups (broad SMARTS) is 1. The average Bonchev–Trinajstić information content (AvgIpc) is 2.36. The molecule has 5 N–H and O–H groups in total. The van der Waals surface area contributed by atoms with E-state index in [9.17, 15) is 13.2 Å². The largest absolute Gasteiger partial charge is 0.497 e. The van der Waals surface area contributed by atoms with Crippen LogP contribution in [0.5, 0.6) is 5.75 Å². The second-order valence-electron chi connectivity index (χ2n) is 3.55. The monoisotopic (exact) mass is 274 g/mol. The molecule has 0 heterocycles. The Morgan fingerprint density at radius 2 is 1.78 bits per heavy atom. The van der Waals surface area contributed by atoms with E-state index in [4.69, 9.17) is 21.3 Å². The van der Waals surface area contributed by atoms with Crippen LogP contribution in [-0.4, -0.2) is 38.0 Å². The third-order valence-electron chi connectivity index (χ3n) is 2.39. The van der Waals surface area contributed by atoms with Gasteiger partial charge in [-0.3, -0.25) is 4.79 Å². The highest BCUT2D eigenvalue weighted by molar-refractivity contribution is 7.92. The Morgan fingerprint density at radius 1 is 1.28 bits per heavy atom. The highest BCUT2D eigenvalue weighted by Crippen LogP contribution is 2.19. The summed E-state index contributed by atoms with van der Waals surface area (Å²) < 4.78 is 28.8. The first-order chi connectivity index (χ1) is 8.30. The van der Waals surface area contributed by atoms with E-state index < -0.39 is 27.2 Å². The first kappa shape index (κ1) is 14.4. The van der Waals surface area contributed by atoms with Gasteiger partial charge in [-0.1, -0.05) is 0 Å². The van der Waals surface area contributed by atoms with Crippen molar-refractivity contribution in [2.75, 3.05) is 7.11 Å². The van der Waals surface area contributed by atoms with Crippen molar-refractivity contribution in [2.24, 2.45) is 11.5 Å². The average molecular weight is 274 g/mol. The Balaban J connectivity index is 3.09. The van der Waals surface area contributed by atoms with Gasteiger partial charge in [0.05, 0.1) is 12.0 Å². The number of benzene rings is 1. The second kappa shape index (κ2) is 5.34. The van der Waals surface area contributed by atoms with Gasteiger partial charge >= 0.3 is 5.97 Å². The highest BCUT2D eigenvalue weighted by Gasteiger charge is 2.33. The summed E-state index contributed by atoms with van der Waals surface area (Å²) in [5.41, 5.74) is 10.6. The van der Waals surface area contributed by atoms with Gasteiger partial charge in [0.25, 0.3) is 0 Å². The zero-order valence-electron chi connectivity index (χ0n) is 9.61. The lowest BCUT2D eigenvalue weighted by atomic mass is 10.3. The Morgan fingerprint density at radius 3 is 2.17 bits per heavy atom. The fraction of sp³-hybridized carbons (Fsp3) is 0.300. The minimum absolute atomic E-state index is 0.104. The molecule has 2 atom stereocenters. The smallest absolute Gasteiger partial charge is 0.323 e. The molecular formula is C10H14N2O5S. The molecule has 8 heteroatoms. The summed E-state index contributed by atoms with van der Waals surface area (Å²) in [4.78, 5) is 10.5. The number of carboxylic acids is 1. The van der Waals surface area contributed by atoms with Crippen LogP contribution in [0.3, 0.4) is 0 Å². The molecule has 0 bridgehead atoms. The van der Waals surface area contributed by atoms with Crippen LogP contribution < -0.4 is 16.2 Å². The number of nitrogens with two attached hydrogens (primary N) is 2. The molecular weight excluding hydrogens is 260 g/mol. The normalized spacial score (nSPS) is 14.8. The Hall–Kier alpha value is -1.64. The van der Waals surface area contributed by atoms with Crippen LogP contribution in [0.2, 0.25) is 0 Å². The van der Waals surface area contributed by atoms with Crippen molar-refractivity contribution in [1.82, 2.24) is 0 Å². The first-order valence-corrected chi connectivity index (χ1v) is 6.47. The van der Waals surface area contributed by atoms with Crippen LogP contribution in [0, 0.1) is 0 Å². The topological polar surface area (TPSA) is 133 Å². The fourth-order valence-electron chi connectivity index (χ4n) is 1.26. The van der Waals surface area contributed by atoms with E-state index in [1.807, 2.05) is 0 Å². The molecule has 1 unspecified atom stereocenters. The molecule has 1 aromatic rings. The van der Waals surface area contributed by atoms with Gasteiger partial charge in [-0.05, 0) is 24.3 Å². The van der Waals surface area contributed by atoms with Gasteiger partial charge in [-0.2, -0.15) is 0 Å². The molecule has 100 valence electrons. The molecule has 0 aliphatic carbocycles. The molecule has 1 aromatic carbocycles. The number of rotatable bonds is 5. The number of carbonyl (C=O) groups is 1. The number of sulfone groups is 1. The second-order valence-corrected chi connectivity index (χ2v) is 5.65. The molecule has 7 nitrogen and oxygen atoms in total. The maximum Gasteiger partial charge on any atom is 0.323 e. The summed E-state index contributed by atoms with van der Waals surface area (Å²) >= 11 is 0. The van der Waals surface area contributed by atoms with Crippen molar-refractivity contribution in [2.45, 2.75) is 16.3 Å². The van der Waals surface area contributed by atoms with E-state index in [1.54, 1.807) is 0 Å². The summed E-state index contributed by atoms with van der Waals surface area (Å²) in [6.45, 7) is 0. The molecule has 0 amide bonds. The minimum Gasteiger partial charge on any atom is -0.497 e. The lowest BCUT2D eigenvalue weighted by Gasteiger charge is -2.16. The molecule has 0 radical (unpaired) electrons. The number of aliphatic carboxylic acids is 1. The maximum absolute atomic E-state index is 12.0. The van der Waals surface area contributed by atoms with E-state index in [0.717, 1.165) is 0 Å². The van der Waals surface area contributed by atoms with Gasteiger partial charge in [0.2, 0.25) is 0 Å². The summed E-state index contributed by atoms with van der Waals surface area (Å²) in [6, 6.07) is 3.75. The standard InChI is InChI=1S/C10H14N2O5S/c1-17-6-2-4-7(5-3-6)18(15,16)9(12)8(11)10(13)14/h2-5,8-9H,11-12H2,1H3,(H,13,14)/t8?,9-/m0/s1. The molecule has 0 fully saturated rings. The lowest BCUT2D eigenvalue weighted by Crippen LogP contribution is -2.51. The van der Waals surface area contributed by atoms with Gasteiger partial charge in [0, 0.05) is 0 Å². The first-order valence-electron chi connectivity index (χ1n) is 4.92. The van der Waals surface area contributed by atoms with Crippen LogP contribution in [-0.2, 0) is 14.6 Å². The predicted molar refractivity (Wildman–Crippen MR) is 63.8 cm³/mol. The Labute approximate surface area is 104 Å². The summed E-state index contributed by atoms with van der Waals surface area (Å²) in [7, 11) is -2.55. The zero-order valence-corrected chi connectivity index (χ0v) is 10.4. The predicted octanol–water partition coefficient (Wildman–Crippen LogP) is -0.834. The van der Waals surface area contributed by atoms with Crippen molar-refractivity contribution in [3.05, 3.63) is 24.3 Å². The Kier molecular flexibility index (Phi) is 4.28. The van der Waals surface area contributed by atoms with E-state index >= 15 is 0 Å². The SMILES string of the molecule is COc1ccc(S(=O)(=O)[C@H](N)C(N)C(=O)O)cc1. The molecule has 0 saturated carbocycles. The molecule has 18 heavy (non-hydrogen) atoms. The zero-order chi connectivity index (χ0) is 13.9. The van der Waals surface area contributed by atoms with Crippen molar-refractivity contribution in [3.8, 4) is 5.75 Å². The van der Waals surface area contributed by atoms with Crippen LogP contribution in [0.4, 0.5) is 0 Å². The number of hydrogen-bond acceptors (Lipinski definition) is 6. The highest BCUT2D eigenvalue weighted by atomic mass is 32.2. The lowest BCUT2D eigenvalue weighted by molar-refractivity contribution is -0.138. The third kappa shape index (κ3) is 2.78. The molecule has 0 saturated heterocycles. The van der Waals surface area contributed by atoms with Crippen molar-refractivity contribution in [1.29, 1.82) is 0 Å². The van der Waals surface area contributed by atoms with Crippen molar-refractivity contribution >= 4 is 15.8 Å². The number of hydrogen-bond donors (Lipinski definition) is 3. The fourth-order valence-corrected chi connectivity index (χ4v) is 2.59. The third-order valence-corrected chi connectivity index (χ3v) is 4.32. The minimum atomic E-state index is -3.99. The number of ether oxygens (including phenoxy) is 1. The van der Waals surface area contributed by atoms with Crippen LogP contribution in [0.15, 0.2) is 29.2 Å². The van der Waals surface area contributed by atoms with Crippen molar-refractivity contribution in [3.63, 3.8) is 0 Å². The summed E-state index contributed by atoms with van der Waals surface area (Å²) in [5.74, 6) is -0.996. The molecule has 0 spiro atoms. The molecule has 0 aliphatic heterocycles. The van der Waals surface area contributed by atoms with E-state index in [1.165, 1.54) is 31.4 Å². The summed E-state index contributed by atoms with van der Waals surface area (Å²) in [5, 5.41) is 6.95. The quantitative estimate of drug-likeness (QED) is 0.637. The maximum atomic E-state index is 12.0. The van der Waals surface area contributed by atoms with Gasteiger partial charge in [-0.15, -0.1) is 0 Å². The van der Waals surface area contributed by atoms with Crippen molar-refractivity contribution < 1.29 is 23.1 Å². The van der Waals surface area contributed by atoms with Gasteiger partial charge in [-0.25, -0.2) is 8.42 Å². The Bertz CT molecular complexity index is 526.